The zero-order valence-electron chi connectivity index (χ0n) is 16.7. The summed E-state index contributed by atoms with van der Waals surface area (Å²) in [7, 11) is 1.36. The van der Waals surface area contributed by atoms with E-state index in [0.717, 1.165) is 6.42 Å². The molecular formula is C20H25FN4O4. The number of nitrogens with zero attached hydrogens (tertiary/aromatic N) is 2. The molecule has 1 heterocycles. The van der Waals surface area contributed by atoms with Crippen molar-refractivity contribution in [2.45, 2.75) is 33.2 Å². The zero-order chi connectivity index (χ0) is 21.6. The molecule has 0 saturated heterocycles. The highest BCUT2D eigenvalue weighted by Crippen LogP contribution is 2.20. The third-order valence-electron chi connectivity index (χ3n) is 4.40. The second-order valence-electron chi connectivity index (χ2n) is 6.31. The van der Waals surface area contributed by atoms with Crippen LogP contribution in [-0.4, -0.2) is 29.1 Å². The third kappa shape index (κ3) is 4.92. The molecular weight excluding hydrogens is 379 g/mol. The minimum Gasteiger partial charge on any atom is -0.494 e. The fraction of sp³-hybridized carbons (Fsp3) is 0.350. The minimum absolute atomic E-state index is 0.0636. The van der Waals surface area contributed by atoms with Crippen molar-refractivity contribution in [3.8, 4) is 5.75 Å². The summed E-state index contributed by atoms with van der Waals surface area (Å²) in [5.41, 5.74) is 5.07. The van der Waals surface area contributed by atoms with Crippen molar-refractivity contribution in [2.24, 2.45) is 0 Å². The molecule has 29 heavy (non-hydrogen) atoms. The number of anilines is 2. The molecule has 1 aromatic heterocycles. The zero-order valence-corrected chi connectivity index (χ0v) is 16.7. The monoisotopic (exact) mass is 404 g/mol. The van der Waals surface area contributed by atoms with Crippen molar-refractivity contribution in [2.75, 3.05) is 24.3 Å². The quantitative estimate of drug-likeness (QED) is 0.655. The largest absolute Gasteiger partial charge is 0.494 e. The number of H-pyrrole nitrogens is 1. The summed E-state index contributed by atoms with van der Waals surface area (Å²) in [4.78, 5) is 40.5. The highest BCUT2D eigenvalue weighted by atomic mass is 19.1. The number of carbonyl (C=O) groups is 1. The number of aromatic nitrogens is 2. The second kappa shape index (κ2) is 9.72. The lowest BCUT2D eigenvalue weighted by Crippen LogP contribution is -2.40. The van der Waals surface area contributed by atoms with Gasteiger partial charge in [-0.3, -0.25) is 19.1 Å². The van der Waals surface area contributed by atoms with Gasteiger partial charge in [0, 0.05) is 19.2 Å². The van der Waals surface area contributed by atoms with E-state index in [4.69, 9.17) is 10.5 Å². The van der Waals surface area contributed by atoms with Crippen LogP contribution in [-0.2, 0) is 11.3 Å². The van der Waals surface area contributed by atoms with Gasteiger partial charge in [0.25, 0.3) is 11.5 Å². The van der Waals surface area contributed by atoms with Gasteiger partial charge in [0.1, 0.15) is 5.82 Å². The summed E-state index contributed by atoms with van der Waals surface area (Å²) < 4.78 is 19.9. The van der Waals surface area contributed by atoms with Crippen LogP contribution in [0.15, 0.2) is 33.9 Å². The summed E-state index contributed by atoms with van der Waals surface area (Å²) in [6, 6.07) is 4.27. The number of rotatable bonds is 8. The number of likely N-dealkylation sites (N-methyl/N-ethyl adjacent to an activating group) is 1. The predicted molar refractivity (Wildman–Crippen MR) is 111 cm³/mol. The third-order valence-corrected chi connectivity index (χ3v) is 4.40. The van der Waals surface area contributed by atoms with E-state index in [1.807, 2.05) is 6.92 Å². The number of nitrogens with one attached hydrogen (secondary N) is 1. The lowest BCUT2D eigenvalue weighted by molar-refractivity contribution is -0.114. The Morgan fingerprint density at radius 3 is 2.66 bits per heavy atom. The first-order valence-corrected chi connectivity index (χ1v) is 9.29. The summed E-state index contributed by atoms with van der Waals surface area (Å²) in [5.74, 6) is -1.05. The number of aromatic amines is 1. The fourth-order valence-corrected chi connectivity index (χ4v) is 2.84. The van der Waals surface area contributed by atoms with Crippen molar-refractivity contribution in [1.29, 1.82) is 0 Å². The molecule has 2 aromatic rings. The Balaban J connectivity index is 2.37. The van der Waals surface area contributed by atoms with E-state index in [-0.39, 0.29) is 23.8 Å². The summed E-state index contributed by atoms with van der Waals surface area (Å²) >= 11 is 0. The average molecular weight is 404 g/mol. The SMILES string of the molecule is CCCCn1c(N)c(N(CC)C(=O)/C=C/c2ccc(OC)c(F)c2)c(=O)[nH]c1=O. The number of nitrogens with two attached hydrogens (primary N) is 1. The Labute approximate surface area is 167 Å². The molecule has 9 heteroatoms. The summed E-state index contributed by atoms with van der Waals surface area (Å²) in [6.07, 6.45) is 4.16. The minimum atomic E-state index is -0.737. The molecule has 3 N–H and O–H groups in total. The Morgan fingerprint density at radius 2 is 2.07 bits per heavy atom. The van der Waals surface area contributed by atoms with Gasteiger partial charge in [0.2, 0.25) is 0 Å². The smallest absolute Gasteiger partial charge is 0.330 e. The van der Waals surface area contributed by atoms with Gasteiger partial charge in [-0.2, -0.15) is 0 Å². The Hall–Kier alpha value is -3.36. The first-order valence-electron chi connectivity index (χ1n) is 9.29. The van der Waals surface area contributed by atoms with Gasteiger partial charge < -0.3 is 15.4 Å². The molecule has 1 amide bonds. The average Bonchev–Trinajstić information content (AvgIpc) is 2.69. The van der Waals surface area contributed by atoms with Crippen LogP contribution in [0.1, 0.15) is 32.3 Å². The van der Waals surface area contributed by atoms with E-state index >= 15 is 0 Å². The number of amides is 1. The molecule has 8 nitrogen and oxygen atoms in total. The molecule has 0 aliphatic carbocycles. The predicted octanol–water partition coefficient (Wildman–Crippen LogP) is 2.13. The first-order chi connectivity index (χ1) is 13.8. The lowest BCUT2D eigenvalue weighted by Gasteiger charge is -2.21. The number of carbonyl (C=O) groups excluding carboxylic acids is 1. The van der Waals surface area contributed by atoms with E-state index in [1.165, 1.54) is 40.9 Å². The van der Waals surface area contributed by atoms with E-state index < -0.39 is 23.0 Å². The van der Waals surface area contributed by atoms with Gasteiger partial charge in [-0.05, 0) is 37.1 Å². The van der Waals surface area contributed by atoms with Crippen LogP contribution >= 0.6 is 0 Å². The van der Waals surface area contributed by atoms with Gasteiger partial charge in [-0.15, -0.1) is 0 Å². The van der Waals surface area contributed by atoms with Crippen molar-refractivity contribution in [3.63, 3.8) is 0 Å². The van der Waals surface area contributed by atoms with E-state index in [1.54, 1.807) is 13.0 Å². The molecule has 0 radical (unpaired) electrons. The highest BCUT2D eigenvalue weighted by Gasteiger charge is 2.21. The van der Waals surface area contributed by atoms with Crippen LogP contribution in [0.3, 0.4) is 0 Å². The molecule has 0 bridgehead atoms. The number of halogens is 1. The van der Waals surface area contributed by atoms with Crippen molar-refractivity contribution in [1.82, 2.24) is 9.55 Å². The Morgan fingerprint density at radius 1 is 1.34 bits per heavy atom. The number of hydrogen-bond acceptors (Lipinski definition) is 5. The van der Waals surface area contributed by atoms with Gasteiger partial charge in [0.15, 0.2) is 17.3 Å². The van der Waals surface area contributed by atoms with Gasteiger partial charge in [-0.25, -0.2) is 9.18 Å². The van der Waals surface area contributed by atoms with Gasteiger partial charge in [0.05, 0.1) is 7.11 Å². The fourth-order valence-electron chi connectivity index (χ4n) is 2.84. The van der Waals surface area contributed by atoms with Crippen LogP contribution in [0.5, 0.6) is 5.75 Å². The molecule has 2 rings (SSSR count). The second-order valence-corrected chi connectivity index (χ2v) is 6.31. The van der Waals surface area contributed by atoms with E-state index in [2.05, 4.69) is 4.98 Å². The van der Waals surface area contributed by atoms with Crippen molar-refractivity contribution in [3.05, 3.63) is 56.5 Å². The summed E-state index contributed by atoms with van der Waals surface area (Å²) in [6.45, 7) is 4.12. The molecule has 0 aliphatic heterocycles. The van der Waals surface area contributed by atoms with Crippen LogP contribution < -0.4 is 26.6 Å². The van der Waals surface area contributed by atoms with Crippen LogP contribution in [0.25, 0.3) is 6.08 Å². The maximum atomic E-state index is 13.8. The molecule has 156 valence electrons. The maximum absolute atomic E-state index is 13.8. The molecule has 0 unspecified atom stereocenters. The Bertz CT molecular complexity index is 1030. The number of benzene rings is 1. The normalized spacial score (nSPS) is 11.0. The molecule has 0 atom stereocenters. The molecule has 0 spiro atoms. The van der Waals surface area contributed by atoms with E-state index in [9.17, 15) is 18.8 Å². The van der Waals surface area contributed by atoms with Gasteiger partial charge in [-0.1, -0.05) is 19.4 Å². The Kier molecular flexibility index (Phi) is 7.35. The van der Waals surface area contributed by atoms with Crippen molar-refractivity contribution < 1.29 is 13.9 Å². The maximum Gasteiger partial charge on any atom is 0.330 e. The van der Waals surface area contributed by atoms with Crippen LogP contribution in [0.4, 0.5) is 15.9 Å². The molecule has 0 aliphatic rings. The van der Waals surface area contributed by atoms with Crippen LogP contribution in [0, 0.1) is 5.82 Å². The number of ether oxygens (including phenoxy) is 1. The topological polar surface area (TPSA) is 110 Å². The van der Waals surface area contributed by atoms with E-state index in [0.29, 0.717) is 18.5 Å². The number of hydrogen-bond donors (Lipinski definition) is 2. The first kappa shape index (κ1) is 21.9. The van der Waals surface area contributed by atoms with Gasteiger partial charge >= 0.3 is 5.69 Å². The highest BCUT2D eigenvalue weighted by molar-refractivity contribution is 6.05. The molecule has 0 fully saturated rings. The number of methoxy groups -OCH3 is 1. The molecule has 1 aromatic carbocycles. The van der Waals surface area contributed by atoms with Crippen LogP contribution in [0.2, 0.25) is 0 Å². The summed E-state index contributed by atoms with van der Waals surface area (Å²) in [5, 5.41) is 0. The lowest BCUT2D eigenvalue weighted by atomic mass is 10.2. The number of nitrogen functional groups attached to an aromatic ring is 1. The van der Waals surface area contributed by atoms with Crippen molar-refractivity contribution >= 4 is 23.5 Å². The number of unbranched alkanes of at least 4 members (excludes halogenated alkanes) is 1. The molecule has 0 saturated carbocycles. The standard InChI is InChI=1S/C20H25FN4O4/c1-4-6-11-25-18(22)17(19(27)23-20(25)28)24(5-2)16(26)10-8-13-7-9-15(29-3)14(21)12-13/h7-10,12H,4-6,11,22H2,1-3H3,(H,23,27,28)/b10-8+.